The van der Waals surface area contributed by atoms with Crippen LogP contribution < -0.4 is 0 Å². The summed E-state index contributed by atoms with van der Waals surface area (Å²) in [7, 11) is 6.73. The number of cyclic esters (lactones) is 1. The molecule has 14 heteroatoms. The van der Waals surface area contributed by atoms with Crippen molar-refractivity contribution in [1.29, 1.82) is 0 Å². The molecule has 366 valence electrons. The van der Waals surface area contributed by atoms with Gasteiger partial charge in [0.25, 0.3) is 11.7 Å². The second-order valence-corrected chi connectivity index (χ2v) is 20.0. The Bertz CT molecular complexity index is 2100. The van der Waals surface area contributed by atoms with Crippen LogP contribution >= 0.6 is 0 Å². The van der Waals surface area contributed by atoms with Crippen molar-refractivity contribution in [3.8, 4) is 0 Å². The van der Waals surface area contributed by atoms with Crippen LogP contribution in [0.15, 0.2) is 53.8 Å². The number of rotatable bonds is 7. The first-order valence-corrected chi connectivity index (χ1v) is 24.2. The summed E-state index contributed by atoms with van der Waals surface area (Å²) >= 11 is 0. The number of piperidine rings is 1. The van der Waals surface area contributed by atoms with Gasteiger partial charge in [-0.25, -0.2) is 4.79 Å². The molecule has 4 aliphatic rings. The number of esters is 1. The number of amides is 1. The zero-order valence-electron chi connectivity index (χ0n) is 40.8. The number of methoxy groups -OCH3 is 3. The molecule has 1 aliphatic carbocycles. The number of ketones is 2. The third kappa shape index (κ3) is 10.9. The lowest BCUT2D eigenvalue weighted by molar-refractivity contribution is -0.302. The van der Waals surface area contributed by atoms with Crippen LogP contribution in [0.4, 0.5) is 0 Å². The molecule has 2 aromatic rings. The number of benzene rings is 1. The molecule has 6 rings (SSSR count). The number of carbonyl (C=O) groups excluding carboxylic acids is 4. The lowest BCUT2D eigenvalue weighted by Crippen LogP contribution is -2.64. The molecule has 14 nitrogen and oxygen atoms in total. The molecule has 3 aliphatic heterocycles. The highest BCUT2D eigenvalue weighted by atomic mass is 16.7. The SMILES string of the molecule is CC[C@@H]1/C=C(\C)[C@@H](O)[C@@H](C)CC(OC)[C@H]2O[C@@](O)(C(=O)C(=O)N3CCCC[C@H]3C(=O)O[C@H](/C(C)=C/[C@@H]3CC[C@@H](c4ccc5c(ccn5C)c4)[C@H](OC)C3)[C@H](C)[C@@H](O)CC1=O)[C@H](C)C[C@@H]2OC. The van der Waals surface area contributed by atoms with Crippen LogP contribution in [0.1, 0.15) is 117 Å². The van der Waals surface area contributed by atoms with Crippen molar-refractivity contribution in [3.63, 3.8) is 0 Å². The van der Waals surface area contributed by atoms with Gasteiger partial charge in [0.05, 0.1) is 30.5 Å². The van der Waals surface area contributed by atoms with Crippen molar-refractivity contribution in [2.24, 2.45) is 36.6 Å². The van der Waals surface area contributed by atoms with E-state index in [1.807, 2.05) is 27.8 Å². The van der Waals surface area contributed by atoms with E-state index in [4.69, 9.17) is 23.7 Å². The molecule has 4 heterocycles. The summed E-state index contributed by atoms with van der Waals surface area (Å²) < 4.78 is 32.6. The molecule has 3 N–H and O–H groups in total. The molecule has 3 fully saturated rings. The van der Waals surface area contributed by atoms with Crippen molar-refractivity contribution in [1.82, 2.24) is 9.47 Å². The second-order valence-electron chi connectivity index (χ2n) is 20.0. The summed E-state index contributed by atoms with van der Waals surface area (Å²) in [6.07, 6.45) is 4.52. The Kier molecular flexibility index (Phi) is 17.3. The topological polar surface area (TPSA) is 183 Å². The van der Waals surface area contributed by atoms with Crippen LogP contribution in [-0.4, -0.2) is 131 Å². The highest BCUT2D eigenvalue weighted by Crippen LogP contribution is 2.42. The van der Waals surface area contributed by atoms with Gasteiger partial charge in [-0.1, -0.05) is 45.9 Å². The highest BCUT2D eigenvalue weighted by Gasteiger charge is 2.57. The Labute approximate surface area is 391 Å². The van der Waals surface area contributed by atoms with Gasteiger partial charge in [0.1, 0.15) is 24.0 Å². The van der Waals surface area contributed by atoms with E-state index < -0.39 is 89.8 Å². The molecule has 1 amide bonds. The van der Waals surface area contributed by atoms with Crippen LogP contribution in [0.3, 0.4) is 0 Å². The second kappa shape index (κ2) is 22.1. The van der Waals surface area contributed by atoms with Gasteiger partial charge in [0.15, 0.2) is 0 Å². The Hall–Kier alpha value is -3.76. The fourth-order valence-electron chi connectivity index (χ4n) is 11.2. The van der Waals surface area contributed by atoms with E-state index in [2.05, 4.69) is 41.1 Å². The Morgan fingerprint density at radius 1 is 0.924 bits per heavy atom. The van der Waals surface area contributed by atoms with Gasteiger partial charge in [-0.3, -0.25) is 14.4 Å². The molecule has 2 bridgehead atoms. The van der Waals surface area contributed by atoms with Crippen molar-refractivity contribution < 1.29 is 58.2 Å². The first-order chi connectivity index (χ1) is 31.4. The minimum Gasteiger partial charge on any atom is -0.456 e. The predicted molar refractivity (Wildman–Crippen MR) is 249 cm³/mol. The fourth-order valence-corrected chi connectivity index (χ4v) is 11.2. The molecular weight excluding hydrogens is 845 g/mol. The molecule has 0 spiro atoms. The number of nitrogens with zero attached hydrogens (tertiary/aromatic N) is 2. The maximum absolute atomic E-state index is 14.6. The fraction of sp³-hybridized carbons (Fsp3) is 0.692. The summed E-state index contributed by atoms with van der Waals surface area (Å²) in [4.78, 5) is 58.6. The summed E-state index contributed by atoms with van der Waals surface area (Å²) in [6.45, 7) is 10.8. The van der Waals surface area contributed by atoms with Crippen molar-refractivity contribution in [2.45, 2.75) is 166 Å². The Morgan fingerprint density at radius 2 is 1.62 bits per heavy atom. The lowest BCUT2D eigenvalue weighted by atomic mass is 9.75. The lowest BCUT2D eigenvalue weighted by Gasteiger charge is -2.47. The summed E-state index contributed by atoms with van der Waals surface area (Å²) in [5, 5.41) is 36.8. The van der Waals surface area contributed by atoms with E-state index in [1.165, 1.54) is 30.1 Å². The number of aliphatic hydroxyl groups is 3. The number of ether oxygens (including phenoxy) is 5. The summed E-state index contributed by atoms with van der Waals surface area (Å²) in [6, 6.07) is 7.54. The van der Waals surface area contributed by atoms with Gasteiger partial charge in [-0.15, -0.1) is 0 Å². The van der Waals surface area contributed by atoms with Gasteiger partial charge < -0.3 is 48.5 Å². The van der Waals surface area contributed by atoms with E-state index in [9.17, 15) is 34.5 Å². The first kappa shape index (κ1) is 51.6. The van der Waals surface area contributed by atoms with E-state index in [0.29, 0.717) is 36.8 Å². The van der Waals surface area contributed by atoms with Gasteiger partial charge >= 0.3 is 5.97 Å². The number of Topliss-reactive ketones (excluding diaryl/α,β-unsaturated/α-hetero) is 2. The van der Waals surface area contributed by atoms with Gasteiger partial charge in [-0.05, 0) is 124 Å². The van der Waals surface area contributed by atoms with E-state index >= 15 is 0 Å². The largest absolute Gasteiger partial charge is 0.456 e. The molecule has 1 aromatic heterocycles. The van der Waals surface area contributed by atoms with Crippen LogP contribution in [0.2, 0.25) is 0 Å². The number of fused-ring (bicyclic) bond motifs is 4. The average molecular weight is 921 g/mol. The molecule has 1 unspecified atom stereocenters. The number of allylic oxidation sites excluding steroid dienone is 2. The zero-order valence-corrected chi connectivity index (χ0v) is 40.8. The molecular formula is C52H76N2O12. The first-order valence-electron chi connectivity index (χ1n) is 24.2. The van der Waals surface area contributed by atoms with Crippen LogP contribution in [0.25, 0.3) is 10.9 Å². The Balaban J connectivity index is 1.34. The smallest absolute Gasteiger partial charge is 0.329 e. The van der Waals surface area contributed by atoms with Crippen molar-refractivity contribution in [3.05, 3.63) is 59.3 Å². The monoisotopic (exact) mass is 921 g/mol. The molecule has 66 heavy (non-hydrogen) atoms. The van der Waals surface area contributed by atoms with E-state index in [0.717, 1.165) is 18.4 Å². The average Bonchev–Trinajstić information content (AvgIpc) is 3.69. The minimum atomic E-state index is -2.57. The molecule has 1 saturated carbocycles. The van der Waals surface area contributed by atoms with Gasteiger partial charge in [-0.2, -0.15) is 0 Å². The number of hydrogen-bond acceptors (Lipinski definition) is 12. The van der Waals surface area contributed by atoms with Crippen molar-refractivity contribution in [2.75, 3.05) is 27.9 Å². The standard InChI is InChI=1S/C52H76N2O12/c1-11-35-23-29(2)46(57)30(3)24-44(63-9)48-45(64-10)25-32(5)52(61,66-48)49(58)50(59)54-20-13-12-14-40(54)51(60)65-47(33(6)41(55)28-42(35)56)31(4)22-34-15-17-38(43(26-34)62-8)36-16-18-39-37(27-36)19-21-53(39)7/h16,18-19,21-23,27,30,32-35,38,40-41,43-48,55,57,61H,11-15,17,20,24-26,28H2,1-10H3/b29-23+,31-22+/t30-,32+,33+,34-,35+,38-,40-,41-,43+,44?,45-,46+,47+,48+,52+/m0/s1. The predicted octanol–water partition coefficient (Wildman–Crippen LogP) is 6.36. The van der Waals surface area contributed by atoms with Crippen LogP contribution in [0, 0.1) is 29.6 Å². The van der Waals surface area contributed by atoms with Gasteiger partial charge in [0.2, 0.25) is 5.79 Å². The van der Waals surface area contributed by atoms with Crippen LogP contribution in [-0.2, 0) is 49.9 Å². The maximum Gasteiger partial charge on any atom is 0.329 e. The Morgan fingerprint density at radius 3 is 2.30 bits per heavy atom. The molecule has 0 radical (unpaired) electrons. The third-order valence-electron chi connectivity index (χ3n) is 15.5. The number of aryl methyl sites for hydroxylation is 1. The number of aromatic nitrogens is 1. The normalized spacial score (nSPS) is 38.3. The minimum absolute atomic E-state index is 0.0516. The van der Waals surface area contributed by atoms with E-state index in [1.54, 1.807) is 34.0 Å². The third-order valence-corrected chi connectivity index (χ3v) is 15.5. The van der Waals surface area contributed by atoms with Crippen LogP contribution in [0.5, 0.6) is 0 Å². The molecule has 2 saturated heterocycles. The molecule has 15 atom stereocenters. The maximum atomic E-state index is 14.6. The van der Waals surface area contributed by atoms with E-state index in [-0.39, 0.29) is 56.0 Å². The summed E-state index contributed by atoms with van der Waals surface area (Å²) in [5.74, 6) is -8.23. The van der Waals surface area contributed by atoms with Crippen molar-refractivity contribution >= 4 is 34.3 Å². The highest BCUT2D eigenvalue weighted by molar-refractivity contribution is 6.39. The number of carbonyl (C=O) groups is 4. The number of hydrogen-bond donors (Lipinski definition) is 3. The zero-order chi connectivity index (χ0) is 48.2. The molecule has 1 aromatic carbocycles. The quantitative estimate of drug-likeness (QED) is 0.159. The van der Waals surface area contributed by atoms with Gasteiger partial charge in [0, 0.05) is 76.7 Å². The summed E-state index contributed by atoms with van der Waals surface area (Å²) in [5.41, 5.74) is 3.65. The number of aliphatic hydroxyl groups excluding tert-OH is 2.